The van der Waals surface area contributed by atoms with Crippen LogP contribution in [-0.4, -0.2) is 18.1 Å². The van der Waals surface area contributed by atoms with Crippen LogP contribution >= 0.6 is 0 Å². The van der Waals surface area contributed by atoms with Gasteiger partial charge in [-0.25, -0.2) is 4.79 Å². The van der Waals surface area contributed by atoms with Crippen molar-refractivity contribution < 1.29 is 4.79 Å². The van der Waals surface area contributed by atoms with Gasteiger partial charge in [-0.1, -0.05) is 12.1 Å². The Morgan fingerprint density at radius 1 is 1.41 bits per heavy atom. The van der Waals surface area contributed by atoms with Crippen LogP contribution in [0.3, 0.4) is 0 Å². The average molecular weight is 233 g/mol. The van der Waals surface area contributed by atoms with E-state index in [4.69, 9.17) is 5.73 Å². The molecule has 0 bridgehead atoms. The van der Waals surface area contributed by atoms with Gasteiger partial charge in [-0.3, -0.25) is 0 Å². The Balaban J connectivity index is 1.89. The Labute approximate surface area is 102 Å². The largest absolute Gasteiger partial charge is 0.334 e. The molecular weight excluding hydrogens is 214 g/mol. The summed E-state index contributed by atoms with van der Waals surface area (Å²) in [6.07, 6.45) is 3.06. The number of urea groups is 1. The molecule has 4 N–H and O–H groups in total. The van der Waals surface area contributed by atoms with E-state index >= 15 is 0 Å². The van der Waals surface area contributed by atoms with Crippen LogP contribution in [0.4, 0.5) is 10.5 Å². The van der Waals surface area contributed by atoms with Gasteiger partial charge in [0.15, 0.2) is 0 Å². The van der Waals surface area contributed by atoms with Crippen LogP contribution in [0.1, 0.15) is 24.8 Å². The van der Waals surface area contributed by atoms with E-state index in [0.717, 1.165) is 30.5 Å². The summed E-state index contributed by atoms with van der Waals surface area (Å²) in [5, 5.41) is 5.75. The predicted octanol–water partition coefficient (Wildman–Crippen LogP) is 2.00. The Morgan fingerprint density at radius 3 is 2.88 bits per heavy atom. The summed E-state index contributed by atoms with van der Waals surface area (Å²) in [7, 11) is 0. The molecule has 1 saturated carbocycles. The lowest BCUT2D eigenvalue weighted by Crippen LogP contribution is -2.45. The number of amides is 2. The fourth-order valence-corrected chi connectivity index (χ4v) is 2.23. The lowest BCUT2D eigenvalue weighted by molar-refractivity contribution is 0.247. The summed E-state index contributed by atoms with van der Waals surface area (Å²) in [5.41, 5.74) is 7.84. The summed E-state index contributed by atoms with van der Waals surface area (Å²) in [4.78, 5) is 11.7. The van der Waals surface area contributed by atoms with E-state index in [-0.39, 0.29) is 18.1 Å². The van der Waals surface area contributed by atoms with Gasteiger partial charge >= 0.3 is 6.03 Å². The quantitative estimate of drug-likeness (QED) is 0.731. The molecule has 2 rings (SSSR count). The Kier molecular flexibility index (Phi) is 3.64. The lowest BCUT2D eigenvalue weighted by Gasteiger charge is -2.17. The molecule has 1 aromatic rings. The van der Waals surface area contributed by atoms with E-state index in [1.807, 2.05) is 31.2 Å². The monoisotopic (exact) mass is 233 g/mol. The van der Waals surface area contributed by atoms with Crippen LogP contribution in [0.2, 0.25) is 0 Å². The molecule has 1 fully saturated rings. The van der Waals surface area contributed by atoms with Crippen molar-refractivity contribution in [2.24, 2.45) is 5.73 Å². The van der Waals surface area contributed by atoms with Crippen LogP contribution in [0.25, 0.3) is 0 Å². The first-order valence-corrected chi connectivity index (χ1v) is 6.05. The van der Waals surface area contributed by atoms with Gasteiger partial charge in [-0.05, 0) is 43.9 Å². The molecule has 17 heavy (non-hydrogen) atoms. The molecule has 0 aromatic heterocycles. The number of carbonyl (C=O) groups is 1. The topological polar surface area (TPSA) is 67.2 Å². The first-order chi connectivity index (χ1) is 8.15. The third kappa shape index (κ3) is 3.20. The van der Waals surface area contributed by atoms with Crippen molar-refractivity contribution >= 4 is 11.7 Å². The average Bonchev–Trinajstić information content (AvgIpc) is 2.64. The van der Waals surface area contributed by atoms with Crippen LogP contribution in [0.5, 0.6) is 0 Å². The van der Waals surface area contributed by atoms with E-state index in [0.29, 0.717) is 0 Å². The number of rotatable bonds is 2. The van der Waals surface area contributed by atoms with Crippen molar-refractivity contribution in [2.45, 2.75) is 38.3 Å². The molecule has 1 aliphatic rings. The molecule has 0 aliphatic heterocycles. The fraction of sp³-hybridized carbons (Fsp3) is 0.462. The van der Waals surface area contributed by atoms with Gasteiger partial charge in [0.05, 0.1) is 0 Å². The van der Waals surface area contributed by atoms with E-state index in [2.05, 4.69) is 10.6 Å². The van der Waals surface area contributed by atoms with E-state index in [9.17, 15) is 4.79 Å². The van der Waals surface area contributed by atoms with Crippen molar-refractivity contribution in [1.82, 2.24) is 5.32 Å². The highest BCUT2D eigenvalue weighted by atomic mass is 16.2. The first kappa shape index (κ1) is 11.9. The molecule has 92 valence electrons. The zero-order chi connectivity index (χ0) is 12.3. The Hall–Kier alpha value is -1.55. The third-order valence-electron chi connectivity index (χ3n) is 3.16. The smallest absolute Gasteiger partial charge is 0.319 e. The summed E-state index contributed by atoms with van der Waals surface area (Å²) in [5.74, 6) is 0. The van der Waals surface area contributed by atoms with Crippen LogP contribution in [0, 0.1) is 6.92 Å². The maximum absolute atomic E-state index is 11.7. The summed E-state index contributed by atoms with van der Waals surface area (Å²) in [6, 6.07) is 7.77. The Morgan fingerprint density at radius 2 is 2.24 bits per heavy atom. The number of anilines is 1. The molecular formula is C13H19N3O. The molecule has 2 atom stereocenters. The van der Waals surface area contributed by atoms with Crippen LogP contribution in [0.15, 0.2) is 24.3 Å². The molecule has 1 aliphatic carbocycles. The number of hydrogen-bond acceptors (Lipinski definition) is 2. The second-order valence-corrected chi connectivity index (χ2v) is 4.67. The second kappa shape index (κ2) is 5.19. The van der Waals surface area contributed by atoms with E-state index < -0.39 is 0 Å². The zero-order valence-corrected chi connectivity index (χ0v) is 10.1. The molecule has 0 spiro atoms. The normalized spacial score (nSPS) is 23.4. The highest BCUT2D eigenvalue weighted by Crippen LogP contribution is 2.17. The van der Waals surface area contributed by atoms with Crippen molar-refractivity contribution in [3.05, 3.63) is 29.8 Å². The molecule has 0 radical (unpaired) electrons. The van der Waals surface area contributed by atoms with Crippen molar-refractivity contribution in [3.63, 3.8) is 0 Å². The van der Waals surface area contributed by atoms with Crippen molar-refractivity contribution in [3.8, 4) is 0 Å². The van der Waals surface area contributed by atoms with Gasteiger partial charge in [0.25, 0.3) is 0 Å². The number of benzene rings is 1. The molecule has 0 saturated heterocycles. The highest BCUT2D eigenvalue weighted by Gasteiger charge is 2.25. The van der Waals surface area contributed by atoms with Crippen LogP contribution < -0.4 is 16.4 Å². The minimum Gasteiger partial charge on any atom is -0.334 e. The number of hydrogen-bond donors (Lipinski definition) is 3. The van der Waals surface area contributed by atoms with Gasteiger partial charge in [0.1, 0.15) is 0 Å². The number of carbonyl (C=O) groups excluding carboxylic acids is 1. The minimum absolute atomic E-state index is 0.0956. The van der Waals surface area contributed by atoms with Gasteiger partial charge in [0, 0.05) is 17.8 Å². The minimum atomic E-state index is -0.169. The zero-order valence-electron chi connectivity index (χ0n) is 10.1. The van der Waals surface area contributed by atoms with Crippen molar-refractivity contribution in [1.29, 1.82) is 0 Å². The molecule has 0 heterocycles. The third-order valence-corrected chi connectivity index (χ3v) is 3.16. The van der Waals surface area contributed by atoms with Crippen LogP contribution in [-0.2, 0) is 0 Å². The van der Waals surface area contributed by atoms with Gasteiger partial charge in [-0.2, -0.15) is 0 Å². The van der Waals surface area contributed by atoms with Crippen molar-refractivity contribution in [2.75, 3.05) is 5.32 Å². The fourth-order valence-electron chi connectivity index (χ4n) is 2.23. The molecule has 2 amide bonds. The maximum atomic E-state index is 11.7. The van der Waals surface area contributed by atoms with E-state index in [1.54, 1.807) is 0 Å². The Bertz CT molecular complexity index is 405. The first-order valence-electron chi connectivity index (χ1n) is 6.05. The lowest BCUT2D eigenvalue weighted by atomic mass is 10.2. The second-order valence-electron chi connectivity index (χ2n) is 4.67. The number of aryl methyl sites for hydroxylation is 1. The van der Waals surface area contributed by atoms with Gasteiger partial charge in [0.2, 0.25) is 0 Å². The molecule has 2 unspecified atom stereocenters. The summed E-state index contributed by atoms with van der Waals surface area (Å²) < 4.78 is 0. The summed E-state index contributed by atoms with van der Waals surface area (Å²) >= 11 is 0. The number of nitrogens with two attached hydrogens (primary N) is 1. The van der Waals surface area contributed by atoms with E-state index in [1.165, 1.54) is 0 Å². The van der Waals surface area contributed by atoms with Gasteiger partial charge in [-0.15, -0.1) is 0 Å². The predicted molar refractivity (Wildman–Crippen MR) is 68.9 cm³/mol. The van der Waals surface area contributed by atoms with Gasteiger partial charge < -0.3 is 16.4 Å². The molecule has 4 nitrogen and oxygen atoms in total. The number of nitrogens with one attached hydrogen (secondary N) is 2. The molecule has 4 heteroatoms. The standard InChI is InChI=1S/C13H19N3O/c1-9-4-2-5-10(8-9)15-13(17)16-12-7-3-6-11(12)14/h2,4-5,8,11-12H,3,6-7,14H2,1H3,(H2,15,16,17). The SMILES string of the molecule is Cc1cccc(NC(=O)NC2CCCC2N)c1. The maximum Gasteiger partial charge on any atom is 0.319 e. The summed E-state index contributed by atoms with van der Waals surface area (Å²) in [6.45, 7) is 2.00. The highest BCUT2D eigenvalue weighted by molar-refractivity contribution is 5.89. The molecule has 1 aromatic carbocycles.